The zero-order chi connectivity index (χ0) is 16.4. The van der Waals surface area contributed by atoms with Gasteiger partial charge in [0.25, 0.3) is 0 Å². The van der Waals surface area contributed by atoms with E-state index in [1.54, 1.807) is 19.1 Å². The molecule has 4 nitrogen and oxygen atoms in total. The summed E-state index contributed by atoms with van der Waals surface area (Å²) in [5.74, 6) is 0.299. The second-order valence-electron chi connectivity index (χ2n) is 4.51. The number of nitriles is 1. The van der Waals surface area contributed by atoms with Crippen molar-refractivity contribution >= 4 is 15.9 Å². The fourth-order valence-corrected chi connectivity index (χ4v) is 2.46. The highest BCUT2D eigenvalue weighted by molar-refractivity contribution is 9.10. The Morgan fingerprint density at radius 2 is 2.14 bits per heavy atom. The molecule has 1 aromatic rings. The highest BCUT2D eigenvalue weighted by Gasteiger charge is 2.16. The smallest absolute Gasteiger partial charge is 0.387 e. The van der Waals surface area contributed by atoms with Gasteiger partial charge in [0.05, 0.1) is 17.1 Å². The maximum Gasteiger partial charge on any atom is 0.387 e. The van der Waals surface area contributed by atoms with Gasteiger partial charge in [-0.1, -0.05) is 0 Å². The number of halogens is 3. The van der Waals surface area contributed by atoms with E-state index < -0.39 is 6.61 Å². The van der Waals surface area contributed by atoms with Crippen LogP contribution in [0.5, 0.6) is 11.5 Å². The minimum atomic E-state index is -2.90. The van der Waals surface area contributed by atoms with Gasteiger partial charge in [-0.05, 0) is 59.9 Å². The number of benzene rings is 1. The molecule has 22 heavy (non-hydrogen) atoms. The molecule has 0 amide bonds. The van der Waals surface area contributed by atoms with Crippen LogP contribution in [0.2, 0.25) is 0 Å². The van der Waals surface area contributed by atoms with Gasteiger partial charge in [0, 0.05) is 13.0 Å². The van der Waals surface area contributed by atoms with Gasteiger partial charge in [-0.15, -0.1) is 0 Å². The molecule has 0 aliphatic heterocycles. The summed E-state index contributed by atoms with van der Waals surface area (Å²) in [4.78, 5) is 0. The van der Waals surface area contributed by atoms with Crippen molar-refractivity contribution in [1.29, 1.82) is 5.26 Å². The van der Waals surface area contributed by atoms with Crippen LogP contribution in [0.15, 0.2) is 16.6 Å². The molecular weight excluding hydrogens is 358 g/mol. The van der Waals surface area contributed by atoms with Crippen LogP contribution in [0.25, 0.3) is 0 Å². The van der Waals surface area contributed by atoms with E-state index in [2.05, 4.69) is 32.1 Å². The Hall–Kier alpha value is -1.39. The molecule has 0 bridgehead atoms. The summed E-state index contributed by atoms with van der Waals surface area (Å²) in [6.45, 7) is 0.607. The van der Waals surface area contributed by atoms with Crippen molar-refractivity contribution in [3.8, 4) is 17.6 Å². The van der Waals surface area contributed by atoms with Gasteiger partial charge in [-0.25, -0.2) is 0 Å². The van der Waals surface area contributed by atoms with Crippen LogP contribution in [-0.4, -0.2) is 19.8 Å². The molecule has 0 aromatic heterocycles. The van der Waals surface area contributed by atoms with Crippen molar-refractivity contribution < 1.29 is 18.3 Å². The van der Waals surface area contributed by atoms with Gasteiger partial charge in [-0.2, -0.15) is 14.0 Å². The summed E-state index contributed by atoms with van der Waals surface area (Å²) < 4.78 is 35.2. The lowest BCUT2D eigenvalue weighted by Crippen LogP contribution is -2.15. The molecule has 122 valence electrons. The lowest BCUT2D eigenvalue weighted by Gasteiger charge is -2.15. The number of nitrogens with one attached hydrogen (secondary N) is 1. The van der Waals surface area contributed by atoms with E-state index in [0.29, 0.717) is 29.8 Å². The van der Waals surface area contributed by atoms with Crippen molar-refractivity contribution in [3.63, 3.8) is 0 Å². The zero-order valence-electron chi connectivity index (χ0n) is 12.4. The second kappa shape index (κ2) is 10.4. The number of rotatable bonds is 10. The van der Waals surface area contributed by atoms with Crippen LogP contribution in [0.3, 0.4) is 0 Å². The first-order chi connectivity index (χ1) is 10.6. The summed E-state index contributed by atoms with van der Waals surface area (Å²) in [5, 5.41) is 11.7. The number of nitrogens with zero attached hydrogens (tertiary/aromatic N) is 1. The van der Waals surface area contributed by atoms with Crippen LogP contribution in [0.4, 0.5) is 8.78 Å². The number of hydrogen-bond donors (Lipinski definition) is 1. The Morgan fingerprint density at radius 1 is 1.36 bits per heavy atom. The SMILES string of the molecule is CCOc1cc(CNCCCCC#N)cc(Br)c1OC(F)F. The third-order valence-electron chi connectivity index (χ3n) is 2.80. The van der Waals surface area contributed by atoms with E-state index in [-0.39, 0.29) is 5.75 Å². The first-order valence-electron chi connectivity index (χ1n) is 7.06. The van der Waals surface area contributed by atoms with Gasteiger partial charge in [0.2, 0.25) is 0 Å². The normalized spacial score (nSPS) is 10.5. The summed E-state index contributed by atoms with van der Waals surface area (Å²) in [6, 6.07) is 5.51. The lowest BCUT2D eigenvalue weighted by atomic mass is 10.2. The molecule has 0 atom stereocenters. The molecule has 1 rings (SSSR count). The van der Waals surface area contributed by atoms with E-state index in [1.165, 1.54) is 0 Å². The predicted molar refractivity (Wildman–Crippen MR) is 83.1 cm³/mol. The lowest BCUT2D eigenvalue weighted by molar-refractivity contribution is -0.0519. The fourth-order valence-electron chi connectivity index (χ4n) is 1.88. The zero-order valence-corrected chi connectivity index (χ0v) is 14.0. The Labute approximate surface area is 137 Å². The Morgan fingerprint density at radius 3 is 2.77 bits per heavy atom. The average Bonchev–Trinajstić information content (AvgIpc) is 2.46. The summed E-state index contributed by atoms with van der Waals surface area (Å²) in [5.41, 5.74) is 0.900. The molecule has 0 saturated carbocycles. The monoisotopic (exact) mass is 376 g/mol. The van der Waals surface area contributed by atoms with Gasteiger partial charge >= 0.3 is 6.61 Å². The summed E-state index contributed by atoms with van der Waals surface area (Å²) in [7, 11) is 0. The maximum absolute atomic E-state index is 12.4. The van der Waals surface area contributed by atoms with Crippen LogP contribution < -0.4 is 14.8 Å². The molecule has 0 aliphatic carbocycles. The number of hydrogen-bond acceptors (Lipinski definition) is 4. The standard InChI is InChI=1S/C15H19BrF2N2O2/c1-2-21-13-9-11(10-20-7-5-3-4-6-19)8-12(16)14(13)22-15(17)18/h8-9,15,20H,2-5,7,10H2,1H3. The van der Waals surface area contributed by atoms with Crippen molar-refractivity contribution in [1.82, 2.24) is 5.32 Å². The quantitative estimate of drug-likeness (QED) is 0.620. The number of ether oxygens (including phenoxy) is 2. The second-order valence-corrected chi connectivity index (χ2v) is 5.36. The van der Waals surface area contributed by atoms with Crippen molar-refractivity contribution in [2.45, 2.75) is 39.3 Å². The first-order valence-corrected chi connectivity index (χ1v) is 7.85. The molecule has 0 spiro atoms. The van der Waals surface area contributed by atoms with Crippen LogP contribution >= 0.6 is 15.9 Å². The first kappa shape index (κ1) is 18.7. The largest absolute Gasteiger partial charge is 0.490 e. The predicted octanol–water partition coefficient (Wildman–Crippen LogP) is 4.23. The molecule has 0 heterocycles. The molecule has 0 aliphatic rings. The topological polar surface area (TPSA) is 54.3 Å². The molecule has 1 N–H and O–H groups in total. The summed E-state index contributed by atoms with van der Waals surface area (Å²) >= 11 is 3.24. The van der Waals surface area contributed by atoms with Gasteiger partial charge in [0.1, 0.15) is 0 Å². The number of unbranched alkanes of at least 4 members (excludes halogenated alkanes) is 2. The average molecular weight is 377 g/mol. The molecule has 0 fully saturated rings. The Balaban J connectivity index is 2.66. The van der Waals surface area contributed by atoms with E-state index in [0.717, 1.165) is 24.9 Å². The third-order valence-corrected chi connectivity index (χ3v) is 3.39. The molecule has 1 aromatic carbocycles. The van der Waals surface area contributed by atoms with E-state index >= 15 is 0 Å². The minimum absolute atomic E-state index is 0.00891. The van der Waals surface area contributed by atoms with E-state index in [4.69, 9.17) is 10.00 Å². The third kappa shape index (κ3) is 6.58. The minimum Gasteiger partial charge on any atom is -0.490 e. The summed E-state index contributed by atoms with van der Waals surface area (Å²) in [6.07, 6.45) is 2.33. The number of alkyl halides is 2. The van der Waals surface area contributed by atoms with Crippen molar-refractivity contribution in [2.75, 3.05) is 13.2 Å². The Kier molecular flexibility index (Phi) is 8.78. The van der Waals surface area contributed by atoms with Gasteiger partial charge in [-0.3, -0.25) is 0 Å². The molecule has 0 unspecified atom stereocenters. The molecular formula is C15H19BrF2N2O2. The van der Waals surface area contributed by atoms with E-state index in [9.17, 15) is 8.78 Å². The van der Waals surface area contributed by atoms with Crippen molar-refractivity contribution in [3.05, 3.63) is 22.2 Å². The van der Waals surface area contributed by atoms with Crippen LogP contribution in [-0.2, 0) is 6.54 Å². The highest BCUT2D eigenvalue weighted by Crippen LogP contribution is 2.37. The van der Waals surface area contributed by atoms with Gasteiger partial charge in [0.15, 0.2) is 11.5 Å². The Bertz CT molecular complexity index is 507. The fraction of sp³-hybridized carbons (Fsp3) is 0.533. The van der Waals surface area contributed by atoms with E-state index in [1.807, 2.05) is 0 Å². The molecule has 7 heteroatoms. The molecule has 0 radical (unpaired) electrons. The maximum atomic E-state index is 12.4. The highest BCUT2D eigenvalue weighted by atomic mass is 79.9. The van der Waals surface area contributed by atoms with Gasteiger partial charge < -0.3 is 14.8 Å². The van der Waals surface area contributed by atoms with Crippen LogP contribution in [0.1, 0.15) is 31.7 Å². The van der Waals surface area contributed by atoms with Crippen LogP contribution in [0, 0.1) is 11.3 Å². The van der Waals surface area contributed by atoms with Crippen molar-refractivity contribution in [2.24, 2.45) is 0 Å². The molecule has 0 saturated heterocycles.